The van der Waals surface area contributed by atoms with E-state index in [-0.39, 0.29) is 5.91 Å². The largest absolute Gasteiger partial charge is 0.490 e. The number of thiocarbonyl (C=S) groups is 1. The lowest BCUT2D eigenvalue weighted by Gasteiger charge is -2.11. The Morgan fingerprint density at radius 1 is 1.10 bits per heavy atom. The molecule has 0 unspecified atom stereocenters. The zero-order valence-corrected chi connectivity index (χ0v) is 18.7. The van der Waals surface area contributed by atoms with Gasteiger partial charge in [0.2, 0.25) is 0 Å². The Hall–Kier alpha value is -2.02. The number of hydrogen-bond donors (Lipinski definition) is 0. The van der Waals surface area contributed by atoms with Crippen LogP contribution in [0.15, 0.2) is 47.4 Å². The molecule has 0 N–H and O–H groups in total. The molecule has 29 heavy (non-hydrogen) atoms. The second kappa shape index (κ2) is 10.1. The summed E-state index contributed by atoms with van der Waals surface area (Å²) in [5, 5.41) is 0.483. The Bertz CT molecular complexity index is 928. The van der Waals surface area contributed by atoms with Crippen LogP contribution in [-0.2, 0) is 11.2 Å². The number of benzene rings is 2. The number of carbonyl (C=O) groups is 1. The highest BCUT2D eigenvalue weighted by Gasteiger charge is 2.30. The summed E-state index contributed by atoms with van der Waals surface area (Å²) in [6.07, 6.45) is 2.80. The maximum atomic E-state index is 12.3. The number of thioether (sulfide) groups is 1. The molecule has 152 valence electrons. The highest BCUT2D eigenvalue weighted by molar-refractivity contribution is 8.26. The van der Waals surface area contributed by atoms with Crippen molar-refractivity contribution in [2.75, 3.05) is 19.8 Å². The molecule has 0 spiro atoms. The monoisotopic (exact) mass is 447 g/mol. The quantitative estimate of drug-likeness (QED) is 0.300. The van der Waals surface area contributed by atoms with E-state index in [1.807, 2.05) is 25.1 Å². The van der Waals surface area contributed by atoms with Gasteiger partial charge in [-0.15, -0.1) is 0 Å². The van der Waals surface area contributed by atoms with E-state index in [1.54, 1.807) is 23.1 Å². The van der Waals surface area contributed by atoms with E-state index in [0.29, 0.717) is 39.8 Å². The molecule has 0 saturated carbocycles. The summed E-state index contributed by atoms with van der Waals surface area (Å²) in [5.74, 6) is 1.33. The summed E-state index contributed by atoms with van der Waals surface area (Å²) < 4.78 is 12.0. The molecule has 1 aliphatic rings. The van der Waals surface area contributed by atoms with Crippen LogP contribution in [-0.4, -0.2) is 34.9 Å². The first kappa shape index (κ1) is 21.7. The first-order valence-corrected chi connectivity index (χ1v) is 11.0. The summed E-state index contributed by atoms with van der Waals surface area (Å²) in [4.78, 5) is 14.5. The van der Waals surface area contributed by atoms with Gasteiger partial charge in [-0.2, -0.15) is 0 Å². The van der Waals surface area contributed by atoms with Gasteiger partial charge in [-0.25, -0.2) is 0 Å². The van der Waals surface area contributed by atoms with Crippen LogP contribution in [0, 0.1) is 0 Å². The molecular weight excluding hydrogens is 426 g/mol. The number of rotatable bonds is 8. The molecule has 1 amide bonds. The molecule has 0 atom stereocenters. The summed E-state index contributed by atoms with van der Waals surface area (Å²) in [7, 11) is 0. The SMILES string of the molecule is CCc1ccc(OCCOc2ccc(/C=C3\SC(=S)N(CC)C3=O)cc2Cl)cc1. The molecule has 3 rings (SSSR count). The zero-order valence-electron chi connectivity index (χ0n) is 16.3. The Balaban J connectivity index is 1.55. The van der Waals surface area contributed by atoms with Gasteiger partial charge < -0.3 is 9.47 Å². The molecule has 0 aliphatic carbocycles. The molecule has 4 nitrogen and oxygen atoms in total. The maximum Gasteiger partial charge on any atom is 0.266 e. The molecule has 7 heteroatoms. The molecule has 2 aromatic carbocycles. The summed E-state index contributed by atoms with van der Waals surface area (Å²) in [6, 6.07) is 13.5. The van der Waals surface area contributed by atoms with Crippen molar-refractivity contribution < 1.29 is 14.3 Å². The lowest BCUT2D eigenvalue weighted by molar-refractivity contribution is -0.121. The van der Waals surface area contributed by atoms with Gasteiger partial charge in [0.05, 0.1) is 9.93 Å². The number of aryl methyl sites for hydroxylation is 1. The predicted molar refractivity (Wildman–Crippen MR) is 124 cm³/mol. The number of amides is 1. The van der Waals surface area contributed by atoms with Crippen LogP contribution in [0.4, 0.5) is 0 Å². The average Bonchev–Trinajstić information content (AvgIpc) is 2.99. The van der Waals surface area contributed by atoms with Crippen LogP contribution in [0.5, 0.6) is 11.5 Å². The number of ether oxygens (including phenoxy) is 2. The van der Waals surface area contributed by atoms with Crippen LogP contribution >= 0.6 is 35.6 Å². The van der Waals surface area contributed by atoms with Crippen molar-refractivity contribution in [3.63, 3.8) is 0 Å². The minimum Gasteiger partial charge on any atom is -0.490 e. The van der Waals surface area contributed by atoms with Crippen molar-refractivity contribution in [2.24, 2.45) is 0 Å². The summed E-state index contributed by atoms with van der Waals surface area (Å²) >= 11 is 12.9. The number of carbonyl (C=O) groups excluding carboxylic acids is 1. The molecule has 1 aliphatic heterocycles. The van der Waals surface area contributed by atoms with Crippen molar-refractivity contribution in [1.29, 1.82) is 0 Å². The summed E-state index contributed by atoms with van der Waals surface area (Å²) in [6.45, 7) is 5.39. The smallest absolute Gasteiger partial charge is 0.266 e. The molecule has 1 heterocycles. The second-order valence-electron chi connectivity index (χ2n) is 6.31. The first-order chi connectivity index (χ1) is 14.0. The van der Waals surface area contributed by atoms with E-state index >= 15 is 0 Å². The van der Waals surface area contributed by atoms with E-state index in [9.17, 15) is 4.79 Å². The fourth-order valence-electron chi connectivity index (χ4n) is 2.78. The van der Waals surface area contributed by atoms with Crippen LogP contribution < -0.4 is 9.47 Å². The van der Waals surface area contributed by atoms with Crippen molar-refractivity contribution in [3.05, 3.63) is 63.5 Å². The molecule has 0 bridgehead atoms. The van der Waals surface area contributed by atoms with Gasteiger partial charge in [0.15, 0.2) is 0 Å². The predicted octanol–water partition coefficient (Wildman–Crippen LogP) is 5.58. The molecule has 1 saturated heterocycles. The fourth-order valence-corrected chi connectivity index (χ4v) is 4.41. The third-order valence-electron chi connectivity index (χ3n) is 4.38. The van der Waals surface area contributed by atoms with Crippen LogP contribution in [0.1, 0.15) is 25.0 Å². The van der Waals surface area contributed by atoms with Crippen LogP contribution in [0.25, 0.3) is 6.08 Å². The van der Waals surface area contributed by atoms with Gasteiger partial charge >= 0.3 is 0 Å². The Morgan fingerprint density at radius 2 is 1.83 bits per heavy atom. The van der Waals surface area contributed by atoms with E-state index in [1.165, 1.54) is 17.3 Å². The molecule has 0 aromatic heterocycles. The van der Waals surface area contributed by atoms with E-state index < -0.39 is 0 Å². The minimum absolute atomic E-state index is 0.0666. The third-order valence-corrected chi connectivity index (χ3v) is 6.06. The van der Waals surface area contributed by atoms with Gasteiger partial charge in [0.1, 0.15) is 29.0 Å². The molecule has 0 radical (unpaired) electrons. The lowest BCUT2D eigenvalue weighted by Crippen LogP contribution is -2.27. The van der Waals surface area contributed by atoms with E-state index in [4.69, 9.17) is 33.3 Å². The minimum atomic E-state index is -0.0666. The number of hydrogen-bond acceptors (Lipinski definition) is 5. The highest BCUT2D eigenvalue weighted by Crippen LogP contribution is 2.33. The second-order valence-corrected chi connectivity index (χ2v) is 8.39. The molecule has 1 fully saturated rings. The van der Waals surface area contributed by atoms with Crippen molar-refractivity contribution in [3.8, 4) is 11.5 Å². The topological polar surface area (TPSA) is 38.8 Å². The van der Waals surface area contributed by atoms with Gasteiger partial charge in [-0.3, -0.25) is 9.69 Å². The Labute approximate surface area is 185 Å². The van der Waals surface area contributed by atoms with Crippen molar-refractivity contribution in [1.82, 2.24) is 4.90 Å². The Morgan fingerprint density at radius 3 is 2.45 bits per heavy atom. The highest BCUT2D eigenvalue weighted by atomic mass is 35.5. The van der Waals surface area contributed by atoms with Crippen LogP contribution in [0.3, 0.4) is 0 Å². The summed E-state index contributed by atoms with van der Waals surface area (Å²) in [5.41, 5.74) is 2.10. The van der Waals surface area contributed by atoms with Gasteiger partial charge in [-0.05, 0) is 54.8 Å². The number of halogens is 1. The van der Waals surface area contributed by atoms with Gasteiger partial charge in [0, 0.05) is 6.54 Å². The zero-order chi connectivity index (χ0) is 20.8. The van der Waals surface area contributed by atoms with E-state index in [0.717, 1.165) is 17.7 Å². The van der Waals surface area contributed by atoms with Gasteiger partial charge in [0.25, 0.3) is 5.91 Å². The maximum absolute atomic E-state index is 12.3. The lowest BCUT2D eigenvalue weighted by atomic mass is 10.2. The fraction of sp³-hybridized carbons (Fsp3) is 0.273. The Kier molecular flexibility index (Phi) is 7.58. The average molecular weight is 448 g/mol. The van der Waals surface area contributed by atoms with Crippen molar-refractivity contribution in [2.45, 2.75) is 20.3 Å². The normalized spacial score (nSPS) is 15.3. The van der Waals surface area contributed by atoms with Crippen molar-refractivity contribution >= 4 is 51.9 Å². The molecule has 2 aromatic rings. The molecular formula is C22H22ClNO3S2. The van der Waals surface area contributed by atoms with E-state index in [2.05, 4.69) is 19.1 Å². The third kappa shape index (κ3) is 5.53. The van der Waals surface area contributed by atoms with Gasteiger partial charge in [-0.1, -0.05) is 60.7 Å². The number of likely N-dealkylation sites (N-methyl/N-ethyl adjacent to an activating group) is 1. The standard InChI is InChI=1S/C22H22ClNO3S2/c1-3-15-5-8-17(9-6-15)26-11-12-27-19-10-7-16(13-18(19)23)14-20-21(25)24(4-2)22(28)29-20/h5-10,13-14H,3-4,11-12H2,1-2H3/b20-14-. The first-order valence-electron chi connectivity index (χ1n) is 9.41. The van der Waals surface area contributed by atoms with Crippen LogP contribution in [0.2, 0.25) is 5.02 Å². The number of nitrogens with zero attached hydrogens (tertiary/aromatic N) is 1.